The van der Waals surface area contributed by atoms with Crippen LogP contribution in [-0.4, -0.2) is 6.54 Å². The first-order valence-electron chi connectivity index (χ1n) is 8.66. The minimum absolute atomic E-state index is 0.879. The molecule has 4 rings (SSSR count). The summed E-state index contributed by atoms with van der Waals surface area (Å²) in [6.45, 7) is 6.17. The number of anilines is 1. The number of benzene rings is 2. The third kappa shape index (κ3) is 2.83. The fourth-order valence-electron chi connectivity index (χ4n) is 3.22. The lowest BCUT2D eigenvalue weighted by atomic mass is 10.3. The molecule has 4 heteroatoms. The zero-order valence-electron chi connectivity index (χ0n) is 14.5. The first kappa shape index (κ1) is 15.9. The van der Waals surface area contributed by atoms with E-state index in [0.717, 1.165) is 30.4 Å². The zero-order valence-corrected chi connectivity index (χ0v) is 15.3. The van der Waals surface area contributed by atoms with Crippen molar-refractivity contribution in [1.29, 1.82) is 0 Å². The largest absolute Gasteiger partial charge is 0.439 e. The molecule has 1 aliphatic rings. The Kier molecular flexibility index (Phi) is 4.28. The van der Waals surface area contributed by atoms with E-state index in [1.54, 1.807) is 0 Å². The summed E-state index contributed by atoms with van der Waals surface area (Å²) in [5.41, 5.74) is 2.43. The van der Waals surface area contributed by atoms with Crippen LogP contribution in [0.1, 0.15) is 18.9 Å². The number of fused-ring (bicyclic) bond motifs is 2. The van der Waals surface area contributed by atoms with Gasteiger partial charge in [0.1, 0.15) is 11.2 Å². The molecule has 1 aliphatic heterocycles. The van der Waals surface area contributed by atoms with E-state index in [1.165, 1.54) is 15.2 Å². The standard InChI is InChI=1S/C21H21N2OS/c1-3-22-16-10-5-7-12-18(16)24-20(22)14-9-15-21-23(4-2)17-11-6-8-13-19(17)25-21/h5-15H,3-4H2,1-2H3/q+1. The molecular weight excluding hydrogens is 328 g/mol. The molecule has 0 spiro atoms. The molecule has 0 amide bonds. The number of allylic oxidation sites excluding steroid dienone is 2. The molecule has 0 unspecified atom stereocenters. The van der Waals surface area contributed by atoms with E-state index >= 15 is 0 Å². The molecule has 0 radical (unpaired) electrons. The van der Waals surface area contributed by atoms with Gasteiger partial charge < -0.3 is 9.64 Å². The Morgan fingerprint density at radius 1 is 1.08 bits per heavy atom. The van der Waals surface area contributed by atoms with Gasteiger partial charge in [0.25, 0.3) is 5.01 Å². The number of nitrogens with zero attached hydrogens (tertiary/aromatic N) is 2. The second kappa shape index (κ2) is 6.73. The number of rotatable bonds is 4. The van der Waals surface area contributed by atoms with Gasteiger partial charge in [-0.25, -0.2) is 0 Å². The molecule has 126 valence electrons. The van der Waals surface area contributed by atoms with Gasteiger partial charge in [-0.1, -0.05) is 35.6 Å². The van der Waals surface area contributed by atoms with Gasteiger partial charge in [0.2, 0.25) is 11.4 Å². The Hall–Kier alpha value is -2.59. The van der Waals surface area contributed by atoms with Crippen molar-refractivity contribution in [1.82, 2.24) is 0 Å². The fourth-order valence-corrected chi connectivity index (χ4v) is 4.36. The molecule has 0 aliphatic carbocycles. The van der Waals surface area contributed by atoms with Gasteiger partial charge in [0.05, 0.1) is 5.69 Å². The number of hydrogen-bond acceptors (Lipinski definition) is 3. The number of para-hydroxylation sites is 3. The summed E-state index contributed by atoms with van der Waals surface area (Å²) in [5.74, 6) is 1.80. The maximum absolute atomic E-state index is 6.00. The number of thiazole rings is 1. The molecule has 0 N–H and O–H groups in total. The highest BCUT2D eigenvalue weighted by molar-refractivity contribution is 7.18. The summed E-state index contributed by atoms with van der Waals surface area (Å²) in [6.07, 6.45) is 6.30. The summed E-state index contributed by atoms with van der Waals surface area (Å²) in [5, 5.41) is 1.25. The topological polar surface area (TPSA) is 16.4 Å². The molecule has 0 bridgehead atoms. The Balaban J connectivity index is 1.64. The molecule has 0 saturated heterocycles. The lowest BCUT2D eigenvalue weighted by Gasteiger charge is -2.14. The van der Waals surface area contributed by atoms with Gasteiger partial charge in [-0.05, 0) is 44.2 Å². The molecule has 3 nitrogen and oxygen atoms in total. The van der Waals surface area contributed by atoms with Crippen molar-refractivity contribution in [3.05, 3.63) is 71.6 Å². The van der Waals surface area contributed by atoms with E-state index in [1.807, 2.05) is 35.6 Å². The first-order valence-corrected chi connectivity index (χ1v) is 9.47. The van der Waals surface area contributed by atoms with Crippen LogP contribution < -0.4 is 14.2 Å². The van der Waals surface area contributed by atoms with Crippen molar-refractivity contribution in [2.45, 2.75) is 20.4 Å². The predicted molar refractivity (Wildman–Crippen MR) is 105 cm³/mol. The van der Waals surface area contributed by atoms with Gasteiger partial charge >= 0.3 is 0 Å². The van der Waals surface area contributed by atoms with Gasteiger partial charge in [0.15, 0.2) is 5.75 Å². The number of aryl methyl sites for hydroxylation is 1. The highest BCUT2D eigenvalue weighted by Gasteiger charge is 2.23. The Bertz CT molecular complexity index is 971. The third-order valence-corrected chi connectivity index (χ3v) is 5.51. The monoisotopic (exact) mass is 349 g/mol. The van der Waals surface area contributed by atoms with E-state index in [9.17, 15) is 0 Å². The summed E-state index contributed by atoms with van der Waals surface area (Å²) >= 11 is 1.82. The molecule has 0 saturated carbocycles. The molecule has 0 atom stereocenters. The zero-order chi connectivity index (χ0) is 17.2. The van der Waals surface area contributed by atoms with Gasteiger partial charge in [-0.3, -0.25) is 0 Å². The molecule has 3 aromatic rings. The summed E-state index contributed by atoms with van der Waals surface area (Å²) in [6, 6.07) is 16.7. The second-order valence-electron chi connectivity index (χ2n) is 5.83. The Labute approximate surface area is 152 Å². The van der Waals surface area contributed by atoms with Crippen molar-refractivity contribution in [3.8, 4) is 5.75 Å². The minimum atomic E-state index is 0.879. The molecule has 0 fully saturated rings. The summed E-state index contributed by atoms with van der Waals surface area (Å²) < 4.78 is 9.66. The van der Waals surface area contributed by atoms with Gasteiger partial charge in [-0.15, -0.1) is 0 Å². The quantitative estimate of drug-likeness (QED) is 0.618. The van der Waals surface area contributed by atoms with Crippen LogP contribution in [0.15, 0.2) is 66.6 Å². The van der Waals surface area contributed by atoms with Crippen LogP contribution in [0.5, 0.6) is 5.75 Å². The van der Waals surface area contributed by atoms with Crippen LogP contribution in [0.25, 0.3) is 16.3 Å². The van der Waals surface area contributed by atoms with Crippen molar-refractivity contribution in [2.24, 2.45) is 0 Å². The number of aromatic nitrogens is 1. The van der Waals surface area contributed by atoms with E-state index in [2.05, 4.69) is 65.8 Å². The average molecular weight is 349 g/mol. The first-order chi connectivity index (χ1) is 12.3. The highest BCUT2D eigenvalue weighted by Crippen LogP contribution is 2.38. The smallest absolute Gasteiger partial charge is 0.262 e. The van der Waals surface area contributed by atoms with Gasteiger partial charge in [-0.2, -0.15) is 4.57 Å². The minimum Gasteiger partial charge on any atom is -0.439 e. The Morgan fingerprint density at radius 2 is 1.88 bits per heavy atom. The van der Waals surface area contributed by atoms with E-state index in [4.69, 9.17) is 4.74 Å². The fraction of sp³-hybridized carbons (Fsp3) is 0.190. The molecule has 2 aromatic carbocycles. The van der Waals surface area contributed by atoms with Crippen molar-refractivity contribution in [3.63, 3.8) is 0 Å². The maximum Gasteiger partial charge on any atom is 0.262 e. The van der Waals surface area contributed by atoms with Crippen LogP contribution in [0.3, 0.4) is 0 Å². The number of hydrogen-bond donors (Lipinski definition) is 0. The predicted octanol–water partition coefficient (Wildman–Crippen LogP) is 4.98. The van der Waals surface area contributed by atoms with E-state index in [0.29, 0.717) is 0 Å². The van der Waals surface area contributed by atoms with Gasteiger partial charge in [0, 0.05) is 18.7 Å². The maximum atomic E-state index is 6.00. The lowest BCUT2D eigenvalue weighted by molar-refractivity contribution is -0.665. The lowest BCUT2D eigenvalue weighted by Crippen LogP contribution is -2.33. The van der Waals surface area contributed by atoms with Crippen LogP contribution in [-0.2, 0) is 6.54 Å². The van der Waals surface area contributed by atoms with E-state index in [-0.39, 0.29) is 0 Å². The summed E-state index contributed by atoms with van der Waals surface area (Å²) in [4.78, 5) is 2.19. The highest BCUT2D eigenvalue weighted by atomic mass is 32.1. The van der Waals surface area contributed by atoms with Crippen LogP contribution in [0, 0.1) is 0 Å². The van der Waals surface area contributed by atoms with Crippen molar-refractivity contribution >= 4 is 33.3 Å². The van der Waals surface area contributed by atoms with Crippen LogP contribution >= 0.6 is 11.3 Å². The van der Waals surface area contributed by atoms with E-state index < -0.39 is 0 Å². The molecule has 25 heavy (non-hydrogen) atoms. The van der Waals surface area contributed by atoms with Crippen molar-refractivity contribution < 1.29 is 9.30 Å². The average Bonchev–Trinajstić information content (AvgIpc) is 3.18. The Morgan fingerprint density at radius 3 is 2.72 bits per heavy atom. The normalized spacial score (nSPS) is 15.3. The van der Waals surface area contributed by atoms with Crippen LogP contribution in [0.4, 0.5) is 5.69 Å². The molecule has 1 aromatic heterocycles. The van der Waals surface area contributed by atoms with Crippen LogP contribution in [0.2, 0.25) is 0 Å². The van der Waals surface area contributed by atoms with Crippen molar-refractivity contribution in [2.75, 3.05) is 11.4 Å². The molecular formula is C21H21N2OS+. The summed E-state index contributed by atoms with van der Waals surface area (Å²) in [7, 11) is 0. The number of ether oxygens (including phenoxy) is 1. The SMILES string of the molecule is CCN1C(=CC=Cc2sc3ccccc3[n+]2CC)Oc2ccccc21. The molecule has 2 heterocycles. The third-order valence-electron chi connectivity index (χ3n) is 4.38. The second-order valence-corrected chi connectivity index (χ2v) is 6.89.